The number of nitrogens with zero attached hydrogens (tertiary/aromatic N) is 1. The van der Waals surface area contributed by atoms with Crippen LogP contribution in [0.4, 0.5) is 10.5 Å². The highest BCUT2D eigenvalue weighted by atomic mass is 32.1. The van der Waals surface area contributed by atoms with Gasteiger partial charge in [-0.25, -0.2) is 4.79 Å². The van der Waals surface area contributed by atoms with Crippen LogP contribution < -0.4 is 10.6 Å². The number of anilines is 1. The van der Waals surface area contributed by atoms with Gasteiger partial charge in [-0.2, -0.15) is 0 Å². The summed E-state index contributed by atoms with van der Waals surface area (Å²) in [4.78, 5) is 40.0. The number of fused-ring (bicyclic) bond motifs is 2. The number of rotatable bonds is 3. The van der Waals surface area contributed by atoms with Crippen LogP contribution in [-0.4, -0.2) is 29.3 Å². The molecule has 1 aromatic carbocycles. The number of aryl methyl sites for hydroxylation is 2. The number of hydrogen-bond acceptors (Lipinski definition) is 4. The number of imide groups is 1. The number of hydrogen-bond donors (Lipinski definition) is 2. The Morgan fingerprint density at radius 1 is 1.35 bits per heavy atom. The Morgan fingerprint density at radius 3 is 3.00 bits per heavy atom. The van der Waals surface area contributed by atoms with E-state index >= 15 is 0 Å². The summed E-state index contributed by atoms with van der Waals surface area (Å²) in [6.45, 7) is 1.64. The summed E-state index contributed by atoms with van der Waals surface area (Å²) in [5.74, 6) is -0.723. The van der Waals surface area contributed by atoms with E-state index in [0.29, 0.717) is 12.1 Å². The van der Waals surface area contributed by atoms with E-state index in [-0.39, 0.29) is 12.5 Å². The highest BCUT2D eigenvalue weighted by molar-refractivity contribution is 7.10. The van der Waals surface area contributed by atoms with Crippen molar-refractivity contribution < 1.29 is 14.4 Å². The SMILES string of the molecule is Cc1cccc(NC(=O)CN2C(=O)N[C@]3(CCCc4sccc43)C2=O)c1. The molecule has 2 heterocycles. The fourth-order valence-electron chi connectivity index (χ4n) is 3.75. The number of thiophene rings is 1. The Morgan fingerprint density at radius 2 is 2.19 bits per heavy atom. The van der Waals surface area contributed by atoms with Crippen LogP contribution in [0.3, 0.4) is 0 Å². The van der Waals surface area contributed by atoms with Crippen molar-refractivity contribution in [2.75, 3.05) is 11.9 Å². The maximum Gasteiger partial charge on any atom is 0.325 e. The Bertz CT molecular complexity index is 907. The predicted octanol–water partition coefficient (Wildman–Crippen LogP) is 2.78. The molecule has 0 bridgehead atoms. The molecule has 1 aliphatic carbocycles. The van der Waals surface area contributed by atoms with E-state index < -0.39 is 17.5 Å². The maximum absolute atomic E-state index is 13.1. The molecule has 1 aromatic heterocycles. The summed E-state index contributed by atoms with van der Waals surface area (Å²) < 4.78 is 0. The molecule has 2 N–H and O–H groups in total. The minimum Gasteiger partial charge on any atom is -0.325 e. The van der Waals surface area contributed by atoms with Gasteiger partial charge in [-0.3, -0.25) is 14.5 Å². The lowest BCUT2D eigenvalue weighted by atomic mass is 9.80. The highest BCUT2D eigenvalue weighted by Gasteiger charge is 2.54. The van der Waals surface area contributed by atoms with Gasteiger partial charge >= 0.3 is 6.03 Å². The number of carbonyl (C=O) groups is 3. The molecule has 134 valence electrons. The van der Waals surface area contributed by atoms with E-state index in [9.17, 15) is 14.4 Å². The Labute approximate surface area is 155 Å². The van der Waals surface area contributed by atoms with E-state index in [1.54, 1.807) is 17.4 Å². The first-order valence-corrected chi connectivity index (χ1v) is 9.45. The average molecular weight is 369 g/mol. The zero-order valence-corrected chi connectivity index (χ0v) is 15.2. The minimum atomic E-state index is -1.01. The van der Waals surface area contributed by atoms with Crippen LogP contribution in [0.25, 0.3) is 0 Å². The van der Waals surface area contributed by atoms with E-state index in [2.05, 4.69) is 10.6 Å². The molecule has 0 unspecified atom stereocenters. The van der Waals surface area contributed by atoms with E-state index in [1.807, 2.05) is 36.6 Å². The van der Waals surface area contributed by atoms with Gasteiger partial charge in [0.15, 0.2) is 0 Å². The van der Waals surface area contributed by atoms with Crippen molar-refractivity contribution in [2.45, 2.75) is 31.7 Å². The third-order valence-electron chi connectivity index (χ3n) is 4.94. The van der Waals surface area contributed by atoms with Crippen LogP contribution in [0.5, 0.6) is 0 Å². The first-order valence-electron chi connectivity index (χ1n) is 8.57. The van der Waals surface area contributed by atoms with Crippen molar-refractivity contribution in [1.29, 1.82) is 0 Å². The molecule has 2 aromatic rings. The third kappa shape index (κ3) is 2.68. The second-order valence-corrected chi connectivity index (χ2v) is 7.76. The number of amides is 4. The van der Waals surface area contributed by atoms with Crippen molar-refractivity contribution in [3.05, 3.63) is 51.7 Å². The van der Waals surface area contributed by atoms with Gasteiger partial charge in [-0.05, 0) is 55.3 Å². The highest BCUT2D eigenvalue weighted by Crippen LogP contribution is 2.42. The van der Waals surface area contributed by atoms with Crippen LogP contribution in [0.2, 0.25) is 0 Å². The second kappa shape index (κ2) is 6.25. The molecule has 0 radical (unpaired) electrons. The standard InChI is InChI=1S/C19H19N3O3S/c1-12-4-2-5-13(10-12)20-16(23)11-22-17(24)19(21-18(22)25)8-3-6-15-14(19)7-9-26-15/h2,4-5,7,9-10H,3,6,8,11H2,1H3,(H,20,23)(H,21,25)/t19-/m0/s1. The lowest BCUT2D eigenvalue weighted by molar-refractivity contribution is -0.134. The molecular formula is C19H19N3O3S. The molecule has 26 heavy (non-hydrogen) atoms. The maximum atomic E-state index is 13.1. The second-order valence-electron chi connectivity index (χ2n) is 6.76. The van der Waals surface area contributed by atoms with Crippen LogP contribution in [0.1, 0.15) is 28.8 Å². The van der Waals surface area contributed by atoms with E-state index in [1.165, 1.54) is 0 Å². The van der Waals surface area contributed by atoms with Gasteiger partial charge in [0.25, 0.3) is 5.91 Å². The first kappa shape index (κ1) is 16.8. The largest absolute Gasteiger partial charge is 0.325 e. The van der Waals surface area contributed by atoms with Crippen molar-refractivity contribution in [3.63, 3.8) is 0 Å². The van der Waals surface area contributed by atoms with Crippen molar-refractivity contribution in [1.82, 2.24) is 10.2 Å². The number of nitrogens with one attached hydrogen (secondary N) is 2. The van der Waals surface area contributed by atoms with Gasteiger partial charge in [-0.15, -0.1) is 11.3 Å². The summed E-state index contributed by atoms with van der Waals surface area (Å²) in [5.41, 5.74) is 1.54. The van der Waals surface area contributed by atoms with Crippen LogP contribution in [0, 0.1) is 6.92 Å². The van der Waals surface area contributed by atoms with Gasteiger partial charge in [-0.1, -0.05) is 12.1 Å². The molecular weight excluding hydrogens is 350 g/mol. The van der Waals surface area contributed by atoms with E-state index in [0.717, 1.165) is 33.7 Å². The lowest BCUT2D eigenvalue weighted by Crippen LogP contribution is -2.46. The molecule has 0 saturated carbocycles. The van der Waals surface area contributed by atoms with Gasteiger partial charge < -0.3 is 10.6 Å². The predicted molar refractivity (Wildman–Crippen MR) is 99.0 cm³/mol. The zero-order valence-electron chi connectivity index (χ0n) is 14.4. The average Bonchev–Trinajstić information content (AvgIpc) is 3.16. The number of benzene rings is 1. The lowest BCUT2D eigenvalue weighted by Gasteiger charge is -2.31. The Kier molecular flexibility index (Phi) is 4.03. The van der Waals surface area contributed by atoms with Gasteiger partial charge in [0.1, 0.15) is 12.1 Å². The number of urea groups is 1. The third-order valence-corrected chi connectivity index (χ3v) is 5.92. The molecule has 1 saturated heterocycles. The summed E-state index contributed by atoms with van der Waals surface area (Å²) in [5, 5.41) is 7.55. The normalized spacial score (nSPS) is 21.7. The van der Waals surface area contributed by atoms with Crippen LogP contribution in [-0.2, 0) is 21.5 Å². The molecule has 6 nitrogen and oxygen atoms in total. The van der Waals surface area contributed by atoms with Gasteiger partial charge in [0.2, 0.25) is 5.91 Å². The smallest absolute Gasteiger partial charge is 0.325 e. The molecule has 1 aliphatic heterocycles. The monoisotopic (exact) mass is 369 g/mol. The van der Waals surface area contributed by atoms with Gasteiger partial charge in [0.05, 0.1) is 0 Å². The van der Waals surface area contributed by atoms with Crippen molar-refractivity contribution >= 4 is 34.9 Å². The topological polar surface area (TPSA) is 78.5 Å². The van der Waals surface area contributed by atoms with E-state index in [4.69, 9.17) is 0 Å². The Hall–Kier alpha value is -2.67. The van der Waals surface area contributed by atoms with Gasteiger partial charge in [0, 0.05) is 16.1 Å². The summed E-state index contributed by atoms with van der Waals surface area (Å²) in [6.07, 6.45) is 2.33. The minimum absolute atomic E-state index is 0.292. The zero-order chi connectivity index (χ0) is 18.3. The van der Waals surface area contributed by atoms with Crippen molar-refractivity contribution in [2.24, 2.45) is 0 Å². The molecule has 7 heteroatoms. The molecule has 4 rings (SSSR count). The van der Waals surface area contributed by atoms with Crippen molar-refractivity contribution in [3.8, 4) is 0 Å². The number of carbonyl (C=O) groups excluding carboxylic acids is 3. The molecule has 4 amide bonds. The molecule has 2 aliphatic rings. The first-order chi connectivity index (χ1) is 12.5. The summed E-state index contributed by atoms with van der Waals surface area (Å²) in [6, 6.07) is 8.79. The summed E-state index contributed by atoms with van der Waals surface area (Å²) in [7, 11) is 0. The molecule has 1 fully saturated rings. The molecule has 1 atom stereocenters. The Balaban J connectivity index is 1.53. The fourth-order valence-corrected chi connectivity index (χ4v) is 4.75. The molecule has 1 spiro atoms. The quantitative estimate of drug-likeness (QED) is 0.817. The summed E-state index contributed by atoms with van der Waals surface area (Å²) >= 11 is 1.61. The van der Waals surface area contributed by atoms with Crippen LogP contribution in [0.15, 0.2) is 35.7 Å². The van der Waals surface area contributed by atoms with Crippen LogP contribution >= 0.6 is 11.3 Å². The fraction of sp³-hybridized carbons (Fsp3) is 0.316.